The van der Waals surface area contributed by atoms with Gasteiger partial charge in [-0.15, -0.1) is 0 Å². The third-order valence-electron chi connectivity index (χ3n) is 2.34. The van der Waals surface area contributed by atoms with Crippen LogP contribution in [0.15, 0.2) is 30.6 Å². The van der Waals surface area contributed by atoms with E-state index in [1.807, 2.05) is 37.5 Å². The molecule has 0 N–H and O–H groups in total. The van der Waals surface area contributed by atoms with Gasteiger partial charge >= 0.3 is 0 Å². The molecule has 4 heteroatoms. The van der Waals surface area contributed by atoms with Crippen LogP contribution >= 0.6 is 0 Å². The van der Waals surface area contributed by atoms with Gasteiger partial charge in [0.25, 0.3) is 0 Å². The first kappa shape index (κ1) is 10.5. The quantitative estimate of drug-likeness (QED) is 0.792. The zero-order chi connectivity index (χ0) is 11.5. The zero-order valence-electron chi connectivity index (χ0n) is 9.60. The maximum Gasteiger partial charge on any atom is 0.162 e. The molecule has 0 bridgehead atoms. The Morgan fingerprint density at radius 1 is 1.12 bits per heavy atom. The first-order valence-corrected chi connectivity index (χ1v) is 4.98. The smallest absolute Gasteiger partial charge is 0.162 e. The van der Waals surface area contributed by atoms with Gasteiger partial charge in [0.05, 0.1) is 26.1 Å². The Morgan fingerprint density at radius 3 is 2.44 bits per heavy atom. The molecule has 0 saturated heterocycles. The van der Waals surface area contributed by atoms with Crippen molar-refractivity contribution in [3.63, 3.8) is 0 Å². The minimum Gasteiger partial charge on any atom is -0.493 e. The van der Waals surface area contributed by atoms with Crippen LogP contribution in [0, 0.1) is 6.92 Å². The fourth-order valence-corrected chi connectivity index (χ4v) is 1.52. The van der Waals surface area contributed by atoms with E-state index in [2.05, 4.69) is 5.10 Å². The van der Waals surface area contributed by atoms with Gasteiger partial charge in [-0.3, -0.25) is 0 Å². The van der Waals surface area contributed by atoms with E-state index in [-0.39, 0.29) is 0 Å². The lowest BCUT2D eigenvalue weighted by molar-refractivity contribution is 0.354. The molecule has 0 radical (unpaired) electrons. The van der Waals surface area contributed by atoms with Gasteiger partial charge < -0.3 is 9.47 Å². The van der Waals surface area contributed by atoms with Gasteiger partial charge in [0.1, 0.15) is 0 Å². The molecule has 0 aliphatic heterocycles. The summed E-state index contributed by atoms with van der Waals surface area (Å²) >= 11 is 0. The van der Waals surface area contributed by atoms with E-state index in [0.717, 1.165) is 17.0 Å². The van der Waals surface area contributed by atoms with Crippen molar-refractivity contribution in [3.05, 3.63) is 36.2 Å². The fourth-order valence-electron chi connectivity index (χ4n) is 1.52. The third-order valence-corrected chi connectivity index (χ3v) is 2.34. The Labute approximate surface area is 94.4 Å². The number of aromatic nitrogens is 2. The molecule has 0 unspecified atom stereocenters. The predicted octanol–water partition coefficient (Wildman–Crippen LogP) is 2.20. The normalized spacial score (nSPS) is 10.2. The molecule has 1 aromatic carbocycles. The molecule has 1 aromatic heterocycles. The summed E-state index contributed by atoms with van der Waals surface area (Å²) in [6.45, 7) is 2.00. The lowest BCUT2D eigenvalue weighted by Gasteiger charge is -2.09. The second-order valence-electron chi connectivity index (χ2n) is 3.50. The molecule has 16 heavy (non-hydrogen) atoms. The third kappa shape index (κ3) is 1.86. The van der Waals surface area contributed by atoms with E-state index >= 15 is 0 Å². The van der Waals surface area contributed by atoms with Crippen molar-refractivity contribution in [2.24, 2.45) is 0 Å². The standard InChI is InChI=1S/C12H14N2O2/c1-9-7-13-14(8-9)10-4-5-11(15-2)12(6-10)16-3/h4-8H,1-3H3. The van der Waals surface area contributed by atoms with Crippen LogP contribution in [0.4, 0.5) is 0 Å². The Kier molecular flexibility index (Phi) is 2.81. The van der Waals surface area contributed by atoms with Crippen LogP contribution < -0.4 is 9.47 Å². The lowest BCUT2D eigenvalue weighted by Crippen LogP contribution is -1.96. The van der Waals surface area contributed by atoms with Crippen molar-refractivity contribution in [1.29, 1.82) is 0 Å². The summed E-state index contributed by atoms with van der Waals surface area (Å²) in [6, 6.07) is 5.70. The average Bonchev–Trinajstić information content (AvgIpc) is 2.75. The summed E-state index contributed by atoms with van der Waals surface area (Å²) < 4.78 is 12.2. The van der Waals surface area contributed by atoms with Crippen molar-refractivity contribution >= 4 is 0 Å². The average molecular weight is 218 g/mol. The maximum atomic E-state index is 5.24. The van der Waals surface area contributed by atoms with E-state index in [9.17, 15) is 0 Å². The van der Waals surface area contributed by atoms with Crippen LogP contribution in [0.3, 0.4) is 0 Å². The molecule has 0 amide bonds. The molecule has 2 rings (SSSR count). The second kappa shape index (κ2) is 4.26. The van der Waals surface area contributed by atoms with Crippen LogP contribution in [0.25, 0.3) is 5.69 Å². The highest BCUT2D eigenvalue weighted by Gasteiger charge is 2.06. The molecule has 0 aliphatic rings. The predicted molar refractivity (Wildman–Crippen MR) is 61.4 cm³/mol. The molecular formula is C12H14N2O2. The lowest BCUT2D eigenvalue weighted by atomic mass is 10.3. The number of benzene rings is 1. The molecule has 0 fully saturated rings. The number of methoxy groups -OCH3 is 2. The highest BCUT2D eigenvalue weighted by Crippen LogP contribution is 2.28. The van der Waals surface area contributed by atoms with Gasteiger partial charge in [-0.1, -0.05) is 0 Å². The molecule has 4 nitrogen and oxygen atoms in total. The van der Waals surface area contributed by atoms with E-state index in [1.165, 1.54) is 0 Å². The van der Waals surface area contributed by atoms with E-state index in [4.69, 9.17) is 9.47 Å². The van der Waals surface area contributed by atoms with Gasteiger partial charge in [-0.2, -0.15) is 5.10 Å². The molecular weight excluding hydrogens is 204 g/mol. The summed E-state index contributed by atoms with van der Waals surface area (Å²) in [5.74, 6) is 1.42. The van der Waals surface area contributed by atoms with Crippen LogP contribution in [-0.2, 0) is 0 Å². The zero-order valence-corrected chi connectivity index (χ0v) is 9.60. The maximum absolute atomic E-state index is 5.24. The van der Waals surface area contributed by atoms with Gasteiger partial charge in [0.2, 0.25) is 0 Å². The summed E-state index contributed by atoms with van der Waals surface area (Å²) in [5.41, 5.74) is 2.07. The van der Waals surface area contributed by atoms with Crippen molar-refractivity contribution in [3.8, 4) is 17.2 Å². The Hall–Kier alpha value is -1.97. The monoisotopic (exact) mass is 218 g/mol. The molecule has 0 aliphatic carbocycles. The Balaban J connectivity index is 2.43. The van der Waals surface area contributed by atoms with E-state index in [0.29, 0.717) is 5.75 Å². The molecule has 0 saturated carbocycles. The van der Waals surface area contributed by atoms with E-state index < -0.39 is 0 Å². The molecule has 0 spiro atoms. The minimum atomic E-state index is 0.702. The number of nitrogens with zero attached hydrogens (tertiary/aromatic N) is 2. The van der Waals surface area contributed by atoms with Gasteiger partial charge in [0.15, 0.2) is 11.5 Å². The SMILES string of the molecule is COc1ccc(-n2cc(C)cn2)cc1OC. The van der Waals surface area contributed by atoms with E-state index in [1.54, 1.807) is 18.9 Å². The minimum absolute atomic E-state index is 0.702. The number of ether oxygens (including phenoxy) is 2. The van der Waals surface area contributed by atoms with Gasteiger partial charge in [0, 0.05) is 12.3 Å². The number of hydrogen-bond donors (Lipinski definition) is 0. The summed E-state index contributed by atoms with van der Waals surface area (Å²) in [4.78, 5) is 0. The molecule has 84 valence electrons. The molecule has 1 heterocycles. The second-order valence-corrected chi connectivity index (χ2v) is 3.50. The first-order valence-electron chi connectivity index (χ1n) is 4.98. The number of hydrogen-bond acceptors (Lipinski definition) is 3. The van der Waals surface area contributed by atoms with Crippen molar-refractivity contribution in [1.82, 2.24) is 9.78 Å². The van der Waals surface area contributed by atoms with Gasteiger partial charge in [-0.25, -0.2) is 4.68 Å². The van der Waals surface area contributed by atoms with Crippen LogP contribution in [0.5, 0.6) is 11.5 Å². The summed E-state index contributed by atoms with van der Waals surface area (Å²) in [6.07, 6.45) is 3.78. The topological polar surface area (TPSA) is 36.3 Å². The highest BCUT2D eigenvalue weighted by molar-refractivity contribution is 5.48. The molecule has 2 aromatic rings. The Bertz CT molecular complexity index is 492. The fraction of sp³-hybridized carbons (Fsp3) is 0.250. The van der Waals surface area contributed by atoms with Gasteiger partial charge in [-0.05, 0) is 24.6 Å². The van der Waals surface area contributed by atoms with Crippen LogP contribution in [-0.4, -0.2) is 24.0 Å². The largest absolute Gasteiger partial charge is 0.493 e. The van der Waals surface area contributed by atoms with Crippen LogP contribution in [0.2, 0.25) is 0 Å². The van der Waals surface area contributed by atoms with Crippen molar-refractivity contribution < 1.29 is 9.47 Å². The number of rotatable bonds is 3. The van der Waals surface area contributed by atoms with Crippen molar-refractivity contribution in [2.45, 2.75) is 6.92 Å². The van der Waals surface area contributed by atoms with Crippen LogP contribution in [0.1, 0.15) is 5.56 Å². The Morgan fingerprint density at radius 2 is 1.88 bits per heavy atom. The molecule has 0 atom stereocenters. The summed E-state index contributed by atoms with van der Waals surface area (Å²) in [7, 11) is 3.24. The van der Waals surface area contributed by atoms with Crippen molar-refractivity contribution in [2.75, 3.05) is 14.2 Å². The summed E-state index contributed by atoms with van der Waals surface area (Å²) in [5, 5.41) is 4.24. The highest BCUT2D eigenvalue weighted by atomic mass is 16.5. The number of aryl methyl sites for hydroxylation is 1. The first-order chi connectivity index (χ1) is 7.74.